The number of hydrogen-bond donors (Lipinski definition) is 0. The molecule has 2 atom stereocenters. The Bertz CT molecular complexity index is 299. The monoisotopic (exact) mass is 226 g/mol. The Balaban J connectivity index is 2.75. The molecule has 15 heavy (non-hydrogen) atoms. The van der Waals surface area contributed by atoms with Gasteiger partial charge in [-0.2, -0.15) is 0 Å². The van der Waals surface area contributed by atoms with Crippen LogP contribution in [-0.2, 0) is 9.59 Å². The van der Waals surface area contributed by atoms with E-state index in [0.717, 1.165) is 6.42 Å². The van der Waals surface area contributed by atoms with E-state index >= 15 is 0 Å². The van der Waals surface area contributed by atoms with Crippen LogP contribution in [0.4, 0.5) is 0 Å². The van der Waals surface area contributed by atoms with E-state index in [2.05, 4.69) is 33.9 Å². The Labute approximate surface area is 93.5 Å². The summed E-state index contributed by atoms with van der Waals surface area (Å²) in [5, 5.41) is 0.490. The summed E-state index contributed by atoms with van der Waals surface area (Å²) in [4.78, 5) is 23.5. The van der Waals surface area contributed by atoms with Gasteiger partial charge in [-0.15, -0.1) is 0 Å². The van der Waals surface area contributed by atoms with Gasteiger partial charge in [0.15, 0.2) is 0 Å². The second-order valence-corrected chi connectivity index (χ2v) is 11.5. The van der Waals surface area contributed by atoms with Crippen LogP contribution in [0.3, 0.4) is 0 Å². The van der Waals surface area contributed by atoms with E-state index in [1.54, 1.807) is 6.92 Å². The minimum Gasteiger partial charge on any atom is -0.305 e. The molecular formula is C12H22O2Si. The molecule has 0 aliphatic heterocycles. The Morgan fingerprint density at radius 1 is 1.13 bits per heavy atom. The lowest BCUT2D eigenvalue weighted by Crippen LogP contribution is -2.47. The van der Waals surface area contributed by atoms with Gasteiger partial charge >= 0.3 is 0 Å². The van der Waals surface area contributed by atoms with Crippen LogP contribution in [0.5, 0.6) is 0 Å². The van der Waals surface area contributed by atoms with Gasteiger partial charge in [-0.3, -0.25) is 4.79 Å². The van der Waals surface area contributed by atoms with Crippen molar-refractivity contribution in [3.63, 3.8) is 0 Å². The van der Waals surface area contributed by atoms with Crippen LogP contribution >= 0.6 is 0 Å². The third-order valence-electron chi connectivity index (χ3n) is 4.14. The van der Waals surface area contributed by atoms with Crippen molar-refractivity contribution in [2.24, 2.45) is 11.8 Å². The summed E-state index contributed by atoms with van der Waals surface area (Å²) in [6.45, 7) is 12.3. The van der Waals surface area contributed by atoms with E-state index in [0.29, 0.717) is 5.41 Å². The first-order valence-electron chi connectivity index (χ1n) is 5.64. The zero-order chi connectivity index (χ0) is 12.0. The third kappa shape index (κ3) is 2.22. The predicted molar refractivity (Wildman–Crippen MR) is 64.5 cm³/mol. The van der Waals surface area contributed by atoms with Crippen molar-refractivity contribution in [1.29, 1.82) is 0 Å². The molecule has 0 aromatic carbocycles. The Kier molecular flexibility index (Phi) is 2.98. The number of ketones is 1. The highest BCUT2D eigenvalue weighted by atomic mass is 28.3. The lowest BCUT2D eigenvalue weighted by atomic mass is 10.2. The van der Waals surface area contributed by atoms with E-state index in [1.165, 1.54) is 0 Å². The van der Waals surface area contributed by atoms with Gasteiger partial charge in [0.1, 0.15) is 19.3 Å². The van der Waals surface area contributed by atoms with Crippen molar-refractivity contribution in [3.05, 3.63) is 0 Å². The van der Waals surface area contributed by atoms with Gasteiger partial charge in [-0.05, 0) is 18.4 Å². The summed E-state index contributed by atoms with van der Waals surface area (Å²) in [5.74, 6) is 0.294. The fourth-order valence-corrected chi connectivity index (χ4v) is 3.75. The summed E-state index contributed by atoms with van der Waals surface area (Å²) >= 11 is 0. The van der Waals surface area contributed by atoms with E-state index in [4.69, 9.17) is 0 Å². The van der Waals surface area contributed by atoms with Crippen molar-refractivity contribution in [1.82, 2.24) is 0 Å². The molecule has 1 saturated carbocycles. The van der Waals surface area contributed by atoms with Crippen molar-refractivity contribution in [2.45, 2.75) is 52.2 Å². The second kappa shape index (κ2) is 3.54. The Morgan fingerprint density at radius 3 is 1.87 bits per heavy atom. The highest BCUT2D eigenvalue weighted by molar-refractivity contribution is 7.06. The minimum absolute atomic E-state index is 0.0478. The van der Waals surface area contributed by atoms with Crippen LogP contribution in [0.2, 0.25) is 18.1 Å². The molecule has 0 aromatic heterocycles. The lowest BCUT2D eigenvalue weighted by molar-refractivity contribution is -0.121. The van der Waals surface area contributed by atoms with Gasteiger partial charge in [0, 0.05) is 11.8 Å². The average molecular weight is 226 g/mol. The quantitative estimate of drug-likeness (QED) is 0.693. The number of carbonyl (C=O) groups is 2. The van der Waals surface area contributed by atoms with E-state index in [9.17, 15) is 9.59 Å². The molecule has 1 aliphatic carbocycles. The van der Waals surface area contributed by atoms with Crippen LogP contribution in [-0.4, -0.2) is 19.3 Å². The van der Waals surface area contributed by atoms with Gasteiger partial charge in [0.05, 0.1) is 0 Å². The zero-order valence-corrected chi connectivity index (χ0v) is 11.7. The molecule has 3 heteroatoms. The summed E-state index contributed by atoms with van der Waals surface area (Å²) in [6.07, 6.45) is 0.806. The van der Waals surface area contributed by atoms with Crippen LogP contribution in [0, 0.1) is 11.8 Å². The molecule has 0 radical (unpaired) electrons. The van der Waals surface area contributed by atoms with Gasteiger partial charge in [-0.1, -0.05) is 33.9 Å². The van der Waals surface area contributed by atoms with Gasteiger partial charge < -0.3 is 4.79 Å². The fourth-order valence-electron chi connectivity index (χ4n) is 1.77. The van der Waals surface area contributed by atoms with Gasteiger partial charge in [-0.25, -0.2) is 0 Å². The molecule has 0 saturated heterocycles. The van der Waals surface area contributed by atoms with Crippen LogP contribution in [0.1, 0.15) is 34.1 Å². The largest absolute Gasteiger partial charge is 0.305 e. The van der Waals surface area contributed by atoms with Crippen LogP contribution < -0.4 is 0 Å². The smallest absolute Gasteiger partial charge is 0.133 e. The first kappa shape index (κ1) is 12.6. The molecule has 0 N–H and O–H groups in total. The Morgan fingerprint density at radius 2 is 1.60 bits per heavy atom. The summed E-state index contributed by atoms with van der Waals surface area (Å²) in [7, 11) is -1.89. The summed E-state index contributed by atoms with van der Waals surface area (Å²) in [5.41, 5.74) is 0. The Hall–Kier alpha value is -0.443. The lowest BCUT2D eigenvalue weighted by Gasteiger charge is -2.35. The first-order chi connectivity index (χ1) is 6.59. The molecule has 0 spiro atoms. The predicted octanol–water partition coefficient (Wildman–Crippen LogP) is 2.83. The number of Topliss-reactive ketones (excluding diaryl/α,β-unsaturated/α-hetero) is 1. The first-order valence-corrected chi connectivity index (χ1v) is 8.64. The topological polar surface area (TPSA) is 34.1 Å². The molecule has 0 bridgehead atoms. The summed E-state index contributed by atoms with van der Waals surface area (Å²) in [6, 6.07) is 0. The fraction of sp³-hybridized carbons (Fsp3) is 0.833. The molecule has 0 amide bonds. The van der Waals surface area contributed by atoms with Crippen LogP contribution in [0.15, 0.2) is 0 Å². The maximum absolute atomic E-state index is 12.3. The van der Waals surface area contributed by atoms with Crippen molar-refractivity contribution < 1.29 is 9.59 Å². The number of rotatable bonds is 3. The van der Waals surface area contributed by atoms with E-state index in [1.807, 2.05) is 0 Å². The number of hydrogen-bond acceptors (Lipinski definition) is 2. The molecule has 2 unspecified atom stereocenters. The van der Waals surface area contributed by atoms with Crippen molar-refractivity contribution >= 4 is 19.3 Å². The second-order valence-electron chi connectivity index (χ2n) is 6.30. The molecular weight excluding hydrogens is 204 g/mol. The zero-order valence-electron chi connectivity index (χ0n) is 10.7. The SMILES string of the molecule is CC(=O)C1CC1C(=O)[Si](C)(C)C(C)(C)C. The molecule has 86 valence electrons. The van der Waals surface area contributed by atoms with E-state index in [-0.39, 0.29) is 22.7 Å². The molecule has 0 aromatic rings. The molecule has 0 heterocycles. The van der Waals surface area contributed by atoms with E-state index < -0.39 is 8.07 Å². The highest BCUT2D eigenvalue weighted by Gasteiger charge is 2.54. The summed E-state index contributed by atoms with van der Waals surface area (Å²) < 4.78 is 0. The average Bonchev–Trinajstić information content (AvgIpc) is 2.79. The minimum atomic E-state index is -1.89. The van der Waals surface area contributed by atoms with Crippen molar-refractivity contribution in [3.8, 4) is 0 Å². The maximum Gasteiger partial charge on any atom is 0.133 e. The van der Waals surface area contributed by atoms with Gasteiger partial charge in [0.25, 0.3) is 0 Å². The number of carbonyl (C=O) groups excluding carboxylic acids is 2. The molecule has 1 aliphatic rings. The standard InChI is InChI=1S/C12H22O2Si/c1-8(13)9-7-10(9)11(14)15(5,6)12(2,3)4/h9-10H,7H2,1-6H3. The maximum atomic E-state index is 12.3. The normalized spacial score (nSPS) is 26.3. The molecule has 1 fully saturated rings. The molecule has 1 rings (SSSR count). The highest BCUT2D eigenvalue weighted by Crippen LogP contribution is 2.47. The third-order valence-corrected chi connectivity index (χ3v) is 9.49. The van der Waals surface area contributed by atoms with Crippen molar-refractivity contribution in [2.75, 3.05) is 0 Å². The van der Waals surface area contributed by atoms with Gasteiger partial charge in [0.2, 0.25) is 0 Å². The van der Waals surface area contributed by atoms with Crippen LogP contribution in [0.25, 0.3) is 0 Å². The molecule has 2 nitrogen and oxygen atoms in total.